The summed E-state index contributed by atoms with van der Waals surface area (Å²) in [5.74, 6) is -2.28. The molecule has 0 unspecified atom stereocenters. The maximum atomic E-state index is 13.5. The molecule has 0 atom stereocenters. The summed E-state index contributed by atoms with van der Waals surface area (Å²) in [6.45, 7) is -0.206. The van der Waals surface area contributed by atoms with Gasteiger partial charge in [-0.3, -0.25) is 4.79 Å². The molecule has 4 nitrogen and oxygen atoms in total. The van der Waals surface area contributed by atoms with Crippen molar-refractivity contribution in [3.8, 4) is 0 Å². The number of hydrogen-bond donors (Lipinski definition) is 3. The lowest BCUT2D eigenvalue weighted by Crippen LogP contribution is -2.14. The zero-order valence-electron chi connectivity index (χ0n) is 9.34. The first-order valence-electron chi connectivity index (χ1n) is 5.26. The topological polar surface area (TPSA) is 79.1 Å². The number of halogens is 2. The maximum absolute atomic E-state index is 13.5. The molecule has 2 rings (SSSR count). The number of aromatic nitrogens is 1. The predicted octanol–water partition coefficient (Wildman–Crippen LogP) is 1.28. The Morgan fingerprint density at radius 1 is 1.44 bits per heavy atom. The lowest BCUT2D eigenvalue weighted by atomic mass is 10.1. The normalized spacial score (nSPS) is 11.1. The minimum atomic E-state index is -0.789. The monoisotopic (exact) mass is 253 g/mol. The number of carbonyl (C=O) groups excluding carboxylic acids is 1. The molecule has 0 bridgehead atoms. The van der Waals surface area contributed by atoms with Crippen LogP contribution in [0.5, 0.6) is 0 Å². The van der Waals surface area contributed by atoms with Crippen LogP contribution in [0, 0.1) is 18.1 Å². The van der Waals surface area contributed by atoms with E-state index in [9.17, 15) is 13.6 Å². The van der Waals surface area contributed by atoms with Gasteiger partial charge in [-0.05, 0) is 24.5 Å². The molecule has 0 aliphatic carbocycles. The lowest BCUT2D eigenvalue weighted by molar-refractivity contribution is 0.0995. The third-order valence-corrected chi connectivity index (χ3v) is 2.66. The maximum Gasteiger partial charge on any atom is 0.265 e. The van der Waals surface area contributed by atoms with Crippen molar-refractivity contribution in [1.82, 2.24) is 4.98 Å². The molecule has 95 valence electrons. The molecule has 1 amide bonds. The number of nitrogens with two attached hydrogens (primary N) is 1. The fourth-order valence-electron chi connectivity index (χ4n) is 1.90. The van der Waals surface area contributed by atoms with Crippen LogP contribution in [-0.4, -0.2) is 22.6 Å². The van der Waals surface area contributed by atoms with Gasteiger partial charge in [0.2, 0.25) is 0 Å². The summed E-state index contributed by atoms with van der Waals surface area (Å²) in [6.07, 6.45) is 1.66. The summed E-state index contributed by atoms with van der Waals surface area (Å²) in [6, 6.07) is 1.85. The van der Waals surface area contributed by atoms with Gasteiger partial charge >= 0.3 is 0 Å². The average Bonchev–Trinajstić information content (AvgIpc) is 2.65. The molecule has 2 aromatic rings. The Morgan fingerprint density at radius 2 is 2.17 bits per heavy atom. The molecular formula is C12H11F2N2O2. The number of H-pyrrole nitrogens is 1. The van der Waals surface area contributed by atoms with Crippen molar-refractivity contribution in [3.63, 3.8) is 0 Å². The van der Waals surface area contributed by atoms with Gasteiger partial charge in [0.1, 0.15) is 17.3 Å². The van der Waals surface area contributed by atoms with Gasteiger partial charge in [-0.25, -0.2) is 8.78 Å². The molecule has 4 N–H and O–H groups in total. The second-order valence-corrected chi connectivity index (χ2v) is 3.83. The van der Waals surface area contributed by atoms with Gasteiger partial charge in [0.15, 0.2) is 0 Å². The van der Waals surface area contributed by atoms with E-state index in [2.05, 4.69) is 4.98 Å². The smallest absolute Gasteiger partial charge is 0.265 e. The number of fused-ring (bicyclic) bond motifs is 1. The Balaban J connectivity index is 2.68. The van der Waals surface area contributed by atoms with Gasteiger partial charge in [-0.15, -0.1) is 0 Å². The molecule has 0 saturated carbocycles. The number of hydrogen-bond acceptors (Lipinski definition) is 2. The lowest BCUT2D eigenvalue weighted by Gasteiger charge is -2.00. The number of amides is 1. The fraction of sp³-hybridized carbons (Fsp3) is 0.167. The molecule has 0 aliphatic rings. The summed E-state index contributed by atoms with van der Waals surface area (Å²) >= 11 is 0. The highest BCUT2D eigenvalue weighted by atomic mass is 19.1. The summed E-state index contributed by atoms with van der Waals surface area (Å²) < 4.78 is 26.7. The van der Waals surface area contributed by atoms with Gasteiger partial charge < -0.3 is 15.8 Å². The molecular weight excluding hydrogens is 242 g/mol. The standard InChI is InChI=1S/C12H11F2N2O2/c13-6-4-8-7(2-1-3-17)11(12(15)18)16-10(8)9(14)5-6/h1,4-5,16-17H,2-3H2,(H2,15,18). The van der Waals surface area contributed by atoms with E-state index in [0.717, 1.165) is 12.1 Å². The highest BCUT2D eigenvalue weighted by molar-refractivity contribution is 6.00. The number of primary amides is 1. The first kappa shape index (κ1) is 12.5. The van der Waals surface area contributed by atoms with Crippen molar-refractivity contribution in [1.29, 1.82) is 0 Å². The Labute approximate surface area is 101 Å². The quantitative estimate of drug-likeness (QED) is 0.767. The number of nitrogens with one attached hydrogen (secondary N) is 1. The van der Waals surface area contributed by atoms with Crippen molar-refractivity contribution in [2.45, 2.75) is 6.42 Å². The van der Waals surface area contributed by atoms with Crippen molar-refractivity contribution >= 4 is 16.8 Å². The van der Waals surface area contributed by atoms with Crippen LogP contribution in [0.3, 0.4) is 0 Å². The zero-order chi connectivity index (χ0) is 13.3. The molecule has 0 spiro atoms. The van der Waals surface area contributed by atoms with E-state index >= 15 is 0 Å². The first-order chi connectivity index (χ1) is 8.54. The van der Waals surface area contributed by atoms with Gasteiger partial charge in [0, 0.05) is 18.1 Å². The molecule has 1 aromatic carbocycles. The van der Waals surface area contributed by atoms with Crippen molar-refractivity contribution in [2.75, 3.05) is 6.61 Å². The number of aliphatic hydroxyl groups excluding tert-OH is 1. The Morgan fingerprint density at radius 3 is 2.78 bits per heavy atom. The average molecular weight is 253 g/mol. The summed E-state index contributed by atoms with van der Waals surface area (Å²) in [5, 5.41) is 9.00. The fourth-order valence-corrected chi connectivity index (χ4v) is 1.90. The van der Waals surface area contributed by atoms with Crippen molar-refractivity contribution in [3.05, 3.63) is 41.4 Å². The van der Waals surface area contributed by atoms with E-state index in [-0.39, 0.29) is 29.6 Å². The minimum Gasteiger partial charge on any atom is -0.396 e. The number of benzene rings is 1. The molecule has 18 heavy (non-hydrogen) atoms. The van der Waals surface area contributed by atoms with Crippen LogP contribution in [-0.2, 0) is 6.42 Å². The largest absolute Gasteiger partial charge is 0.396 e. The van der Waals surface area contributed by atoms with Crippen LogP contribution in [0.2, 0.25) is 0 Å². The van der Waals surface area contributed by atoms with Crippen molar-refractivity contribution in [2.24, 2.45) is 5.73 Å². The number of carbonyl (C=O) groups is 1. The van der Waals surface area contributed by atoms with Crippen LogP contribution < -0.4 is 5.73 Å². The highest BCUT2D eigenvalue weighted by Gasteiger charge is 2.18. The van der Waals surface area contributed by atoms with E-state index in [0.29, 0.717) is 5.56 Å². The summed E-state index contributed by atoms with van der Waals surface area (Å²) in [4.78, 5) is 13.8. The van der Waals surface area contributed by atoms with Crippen LogP contribution in [0.15, 0.2) is 12.1 Å². The van der Waals surface area contributed by atoms with Gasteiger partial charge in [-0.2, -0.15) is 0 Å². The predicted molar refractivity (Wildman–Crippen MR) is 61.8 cm³/mol. The number of aromatic amines is 1. The number of rotatable bonds is 4. The van der Waals surface area contributed by atoms with E-state index in [1.54, 1.807) is 0 Å². The van der Waals surface area contributed by atoms with E-state index in [1.807, 2.05) is 0 Å². The highest BCUT2D eigenvalue weighted by Crippen LogP contribution is 2.26. The zero-order valence-corrected chi connectivity index (χ0v) is 9.34. The second-order valence-electron chi connectivity index (χ2n) is 3.83. The molecule has 0 saturated heterocycles. The summed E-state index contributed by atoms with van der Waals surface area (Å²) in [5.41, 5.74) is 5.62. The Hall–Kier alpha value is -1.95. The molecule has 6 heteroatoms. The SMILES string of the molecule is NC(=O)c1[nH]c2c(F)cc(F)cc2c1C[CH]CO. The van der Waals surface area contributed by atoms with Crippen LogP contribution >= 0.6 is 0 Å². The molecule has 1 radical (unpaired) electrons. The molecule has 0 aliphatic heterocycles. The van der Waals surface area contributed by atoms with Gasteiger partial charge in [-0.1, -0.05) is 0 Å². The summed E-state index contributed by atoms with van der Waals surface area (Å²) in [7, 11) is 0. The minimum absolute atomic E-state index is 0.0270. The Bertz CT molecular complexity index is 608. The van der Waals surface area contributed by atoms with E-state index in [4.69, 9.17) is 10.8 Å². The van der Waals surface area contributed by atoms with Crippen LogP contribution in [0.4, 0.5) is 8.78 Å². The molecule has 0 fully saturated rings. The van der Waals surface area contributed by atoms with Crippen molar-refractivity contribution < 1.29 is 18.7 Å². The van der Waals surface area contributed by atoms with Gasteiger partial charge in [0.05, 0.1) is 5.52 Å². The third kappa shape index (κ3) is 2.06. The second kappa shape index (κ2) is 4.73. The number of aliphatic hydroxyl groups is 1. The third-order valence-electron chi connectivity index (χ3n) is 2.66. The van der Waals surface area contributed by atoms with Crippen LogP contribution in [0.25, 0.3) is 10.9 Å². The van der Waals surface area contributed by atoms with E-state index < -0.39 is 17.5 Å². The Kier molecular flexibility index (Phi) is 3.29. The van der Waals surface area contributed by atoms with Gasteiger partial charge in [0.25, 0.3) is 5.91 Å². The molecule has 1 heterocycles. The molecule has 1 aromatic heterocycles. The first-order valence-corrected chi connectivity index (χ1v) is 5.26. The van der Waals surface area contributed by atoms with Crippen LogP contribution in [0.1, 0.15) is 16.1 Å². The van der Waals surface area contributed by atoms with E-state index in [1.165, 1.54) is 6.42 Å².